The molecule has 0 spiro atoms. The lowest BCUT2D eigenvalue weighted by Crippen LogP contribution is -2.40. The minimum atomic E-state index is -3.92. The Bertz CT molecular complexity index is 1500. The Morgan fingerprint density at radius 2 is 1.66 bits per heavy atom. The molecule has 1 fully saturated rings. The van der Waals surface area contributed by atoms with Crippen molar-refractivity contribution in [2.24, 2.45) is 0 Å². The van der Waals surface area contributed by atoms with E-state index in [1.807, 2.05) is 29.2 Å². The van der Waals surface area contributed by atoms with E-state index in [0.29, 0.717) is 19.0 Å². The van der Waals surface area contributed by atoms with Crippen molar-refractivity contribution < 1.29 is 18.0 Å². The highest BCUT2D eigenvalue weighted by molar-refractivity contribution is 7.87. The Morgan fingerprint density at radius 1 is 0.947 bits per heavy atom. The fourth-order valence-corrected chi connectivity index (χ4v) is 6.32. The van der Waals surface area contributed by atoms with Crippen LogP contribution >= 0.6 is 0 Å². The molecule has 3 amide bonds. The van der Waals surface area contributed by atoms with Gasteiger partial charge in [0.25, 0.3) is 5.91 Å². The van der Waals surface area contributed by atoms with Gasteiger partial charge in [-0.15, -0.1) is 0 Å². The van der Waals surface area contributed by atoms with E-state index in [9.17, 15) is 18.0 Å². The zero-order valence-electron chi connectivity index (χ0n) is 22.4. The molecule has 202 valence electrons. The predicted octanol–water partition coefficient (Wildman–Crippen LogP) is 4.39. The Labute approximate surface area is 224 Å². The highest BCUT2D eigenvalue weighted by Gasteiger charge is 2.32. The van der Waals surface area contributed by atoms with Crippen LogP contribution in [0, 0.1) is 0 Å². The molecule has 0 saturated heterocycles. The minimum absolute atomic E-state index is 0.0827. The van der Waals surface area contributed by atoms with Crippen LogP contribution in [0.1, 0.15) is 53.9 Å². The SMILES string of the molecule is CN(C)C(=O)N1CCn2c(c(C3CCCCC3)c3ccc(C(=O)NS(=O)(=O)N(C)C)cc32)-c2ccccc21. The van der Waals surface area contributed by atoms with E-state index >= 15 is 0 Å². The van der Waals surface area contributed by atoms with Gasteiger partial charge in [0.05, 0.1) is 11.4 Å². The molecule has 0 atom stereocenters. The normalized spacial score (nSPS) is 16.2. The van der Waals surface area contributed by atoms with Gasteiger partial charge in [0, 0.05) is 63.3 Å². The number of para-hydroxylation sites is 1. The summed E-state index contributed by atoms with van der Waals surface area (Å²) in [5.74, 6) is -0.297. The molecule has 2 heterocycles. The van der Waals surface area contributed by atoms with Gasteiger partial charge in [-0.1, -0.05) is 43.5 Å². The summed E-state index contributed by atoms with van der Waals surface area (Å²) in [6, 6.07) is 13.4. The number of benzene rings is 2. The van der Waals surface area contributed by atoms with E-state index in [1.165, 1.54) is 38.9 Å². The topological polar surface area (TPSA) is 95.0 Å². The van der Waals surface area contributed by atoms with Gasteiger partial charge in [0.15, 0.2) is 0 Å². The molecular formula is C28H35N5O4S. The molecule has 1 aliphatic carbocycles. The lowest BCUT2D eigenvalue weighted by Gasteiger charge is -2.27. The second-order valence-corrected chi connectivity index (χ2v) is 12.4. The molecule has 1 aromatic heterocycles. The zero-order chi connectivity index (χ0) is 27.2. The van der Waals surface area contributed by atoms with E-state index < -0.39 is 16.1 Å². The molecule has 38 heavy (non-hydrogen) atoms. The van der Waals surface area contributed by atoms with Crippen molar-refractivity contribution in [3.63, 3.8) is 0 Å². The molecule has 1 N–H and O–H groups in total. The number of carbonyl (C=O) groups excluding carboxylic acids is 2. The Morgan fingerprint density at radius 3 is 2.34 bits per heavy atom. The van der Waals surface area contributed by atoms with E-state index in [4.69, 9.17) is 0 Å². The first kappa shape index (κ1) is 26.2. The lowest BCUT2D eigenvalue weighted by atomic mass is 9.81. The first-order valence-corrected chi connectivity index (χ1v) is 14.5. The first-order valence-electron chi connectivity index (χ1n) is 13.1. The molecule has 9 nitrogen and oxygen atoms in total. The summed E-state index contributed by atoms with van der Waals surface area (Å²) >= 11 is 0. The van der Waals surface area contributed by atoms with Crippen molar-refractivity contribution in [1.82, 2.24) is 18.5 Å². The quantitative estimate of drug-likeness (QED) is 0.534. The van der Waals surface area contributed by atoms with Crippen LogP contribution in [0.15, 0.2) is 42.5 Å². The van der Waals surface area contributed by atoms with Crippen LogP contribution in [0.4, 0.5) is 10.5 Å². The minimum Gasteiger partial charge on any atom is -0.338 e. The second-order valence-electron chi connectivity index (χ2n) is 10.5. The fraction of sp³-hybridized carbons (Fsp3) is 0.429. The summed E-state index contributed by atoms with van der Waals surface area (Å²) in [6.45, 7) is 1.02. The highest BCUT2D eigenvalue weighted by atomic mass is 32.2. The van der Waals surface area contributed by atoms with Crippen LogP contribution in [0.5, 0.6) is 0 Å². The summed E-state index contributed by atoms with van der Waals surface area (Å²) in [5.41, 5.74) is 5.38. The maximum atomic E-state index is 13.2. The third-order valence-electron chi connectivity index (χ3n) is 7.69. The molecular weight excluding hydrogens is 502 g/mol. The van der Waals surface area contributed by atoms with Crippen LogP contribution in [0.25, 0.3) is 22.2 Å². The largest absolute Gasteiger partial charge is 0.338 e. The molecule has 5 rings (SSSR count). The number of carbonyl (C=O) groups is 2. The first-order chi connectivity index (χ1) is 18.1. The van der Waals surface area contributed by atoms with Crippen LogP contribution < -0.4 is 9.62 Å². The number of urea groups is 1. The van der Waals surface area contributed by atoms with Gasteiger partial charge >= 0.3 is 16.2 Å². The number of anilines is 1. The van der Waals surface area contributed by atoms with Crippen molar-refractivity contribution >= 4 is 38.7 Å². The number of nitrogens with zero attached hydrogens (tertiary/aromatic N) is 4. The Balaban J connectivity index is 1.72. The molecule has 0 unspecified atom stereocenters. The number of aromatic nitrogens is 1. The monoisotopic (exact) mass is 537 g/mol. The molecule has 1 saturated carbocycles. The van der Waals surface area contributed by atoms with Crippen molar-refractivity contribution in [3.05, 3.63) is 53.6 Å². The average molecular weight is 538 g/mol. The van der Waals surface area contributed by atoms with Gasteiger partial charge in [0.2, 0.25) is 0 Å². The number of nitrogens with one attached hydrogen (secondary N) is 1. The summed E-state index contributed by atoms with van der Waals surface area (Å²) in [4.78, 5) is 29.6. The van der Waals surface area contributed by atoms with E-state index in [2.05, 4.69) is 15.4 Å². The van der Waals surface area contributed by atoms with Gasteiger partial charge in [-0.05, 0) is 42.5 Å². The van der Waals surface area contributed by atoms with E-state index in [-0.39, 0.29) is 11.6 Å². The Hall–Kier alpha value is -3.37. The van der Waals surface area contributed by atoms with E-state index in [1.54, 1.807) is 31.1 Å². The van der Waals surface area contributed by atoms with Crippen LogP contribution in [0.2, 0.25) is 0 Å². The summed E-state index contributed by atoms with van der Waals surface area (Å²) < 4.78 is 29.9. The zero-order valence-corrected chi connectivity index (χ0v) is 23.2. The number of fused-ring (bicyclic) bond motifs is 5. The van der Waals surface area contributed by atoms with Gasteiger partial charge < -0.3 is 9.47 Å². The third kappa shape index (κ3) is 4.56. The van der Waals surface area contributed by atoms with Gasteiger partial charge in [-0.3, -0.25) is 9.69 Å². The van der Waals surface area contributed by atoms with Crippen molar-refractivity contribution in [3.8, 4) is 11.3 Å². The van der Waals surface area contributed by atoms with Crippen LogP contribution in [0.3, 0.4) is 0 Å². The van der Waals surface area contributed by atoms with Crippen molar-refractivity contribution in [1.29, 1.82) is 0 Å². The van der Waals surface area contributed by atoms with Crippen LogP contribution in [-0.2, 0) is 16.8 Å². The maximum absolute atomic E-state index is 13.2. The molecule has 1 aliphatic heterocycles. The predicted molar refractivity (Wildman–Crippen MR) is 150 cm³/mol. The number of hydrogen-bond donors (Lipinski definition) is 1. The summed E-state index contributed by atoms with van der Waals surface area (Å²) in [7, 11) is 2.34. The number of amides is 3. The molecule has 2 aromatic carbocycles. The van der Waals surface area contributed by atoms with Gasteiger partial charge in [-0.25, -0.2) is 9.52 Å². The van der Waals surface area contributed by atoms with Gasteiger partial charge in [-0.2, -0.15) is 12.7 Å². The molecule has 10 heteroatoms. The number of rotatable bonds is 4. The maximum Gasteiger partial charge on any atom is 0.324 e. The standard InChI is InChI=1S/C28H35N5O4S/c1-30(2)28(35)33-17-16-32-24-18-20(27(34)29-38(36,37)31(3)4)14-15-21(24)25(19-10-6-5-7-11-19)26(32)22-12-8-9-13-23(22)33/h8-9,12-15,18-19H,5-7,10-11,16-17H2,1-4H3,(H,29,34). The summed E-state index contributed by atoms with van der Waals surface area (Å²) in [6.07, 6.45) is 5.77. The third-order valence-corrected chi connectivity index (χ3v) is 9.10. The number of hydrogen-bond acceptors (Lipinski definition) is 4. The second kappa shape index (κ2) is 10.1. The van der Waals surface area contributed by atoms with Gasteiger partial charge in [0.1, 0.15) is 0 Å². The average Bonchev–Trinajstić information content (AvgIpc) is 3.12. The smallest absolute Gasteiger partial charge is 0.324 e. The molecule has 3 aromatic rings. The molecule has 0 bridgehead atoms. The van der Waals surface area contributed by atoms with Crippen molar-refractivity contribution in [2.75, 3.05) is 39.6 Å². The summed E-state index contributed by atoms with van der Waals surface area (Å²) in [5, 5.41) is 1.08. The van der Waals surface area contributed by atoms with Crippen LogP contribution in [-0.4, -0.2) is 68.9 Å². The highest BCUT2D eigenvalue weighted by Crippen LogP contribution is 2.47. The molecule has 0 radical (unpaired) electrons. The molecule has 2 aliphatic rings. The van der Waals surface area contributed by atoms with E-state index in [0.717, 1.165) is 45.0 Å². The van der Waals surface area contributed by atoms with Crippen molar-refractivity contribution in [2.45, 2.75) is 44.6 Å². The Kier molecular flexibility index (Phi) is 6.96. The fourth-order valence-electron chi connectivity index (χ4n) is 5.78. The lowest BCUT2D eigenvalue weighted by molar-refractivity contribution is 0.0979.